The molecule has 1 saturated carbocycles. The van der Waals surface area contributed by atoms with Gasteiger partial charge in [-0.25, -0.2) is 14.0 Å². The quantitative estimate of drug-likeness (QED) is 0.101. The number of aliphatic hydroxyl groups is 2. The van der Waals surface area contributed by atoms with E-state index in [4.69, 9.17) is 35.3 Å². The number of aromatic nitrogens is 1. The van der Waals surface area contributed by atoms with Crippen molar-refractivity contribution in [3.8, 4) is 5.75 Å². The van der Waals surface area contributed by atoms with E-state index in [-0.39, 0.29) is 60.0 Å². The lowest BCUT2D eigenvalue weighted by Crippen LogP contribution is -2.65. The number of anilines is 1. The van der Waals surface area contributed by atoms with Crippen molar-refractivity contribution in [1.82, 2.24) is 19.7 Å². The number of thioether (sulfide) groups is 1. The van der Waals surface area contributed by atoms with Gasteiger partial charge in [0.15, 0.2) is 17.7 Å². The summed E-state index contributed by atoms with van der Waals surface area (Å²) in [5, 5.41) is 34.1. The van der Waals surface area contributed by atoms with Crippen LogP contribution in [-0.2, 0) is 33.3 Å². The monoisotopic (exact) mass is 955 g/mol. The van der Waals surface area contributed by atoms with Gasteiger partial charge in [0.2, 0.25) is 18.1 Å². The lowest BCUT2D eigenvalue weighted by atomic mass is 9.92. The molecule has 10 atom stereocenters. The number of carbonyl (C=O) groups excluding carboxylic acids is 4. The van der Waals surface area contributed by atoms with Crippen LogP contribution in [0.5, 0.6) is 5.75 Å². The summed E-state index contributed by atoms with van der Waals surface area (Å²) in [5.41, 5.74) is -1.93. The molecule has 0 bridgehead atoms. The zero-order chi connectivity index (χ0) is 47.4. The molecular weight excluding hydrogens is 897 g/mol. The highest BCUT2D eigenvalue weighted by Gasteiger charge is 2.51. The number of amides is 2. The predicted molar refractivity (Wildman–Crippen MR) is 236 cm³/mol. The van der Waals surface area contributed by atoms with Gasteiger partial charge in [-0.05, 0) is 64.8 Å². The Hall–Kier alpha value is -4.41. The first-order valence-corrected chi connectivity index (χ1v) is 23.5. The molecular formula is C43H59ClFN5O14S. The fraction of sp³-hybridized carbons (Fsp3) is 0.674. The zero-order valence-corrected chi connectivity index (χ0v) is 38.8. The number of alkyl halides is 1. The molecule has 1 aromatic carbocycles. The Labute approximate surface area is 384 Å². The third kappa shape index (κ3) is 11.1. The second-order valence-corrected chi connectivity index (χ2v) is 18.8. The number of likely N-dealkylation sites (tertiary alicyclic amines) is 1. The molecule has 360 valence electrons. The number of piperazine rings is 1. The summed E-state index contributed by atoms with van der Waals surface area (Å²) < 4.78 is 45.0. The summed E-state index contributed by atoms with van der Waals surface area (Å²) >= 11 is 7.62. The number of likely N-dealkylation sites (N-methyl/N-ethyl adjacent to an activating group) is 1. The Morgan fingerprint density at radius 2 is 1.78 bits per heavy atom. The van der Waals surface area contributed by atoms with E-state index in [1.807, 2.05) is 11.9 Å². The highest BCUT2D eigenvalue weighted by molar-refractivity contribution is 7.99. The molecule has 4 fully saturated rings. The van der Waals surface area contributed by atoms with Gasteiger partial charge in [-0.15, -0.1) is 23.4 Å². The summed E-state index contributed by atoms with van der Waals surface area (Å²) in [6, 6.07) is -0.881. The Kier molecular flexibility index (Phi) is 16.5. The highest BCUT2D eigenvalue weighted by atomic mass is 35.5. The van der Waals surface area contributed by atoms with Gasteiger partial charge in [0.1, 0.15) is 35.0 Å². The molecule has 6 rings (SSSR count). The maximum absolute atomic E-state index is 15.9. The molecule has 0 spiro atoms. The predicted octanol–water partition coefficient (Wildman–Crippen LogP) is 3.06. The fourth-order valence-corrected chi connectivity index (χ4v) is 10.0. The topological polar surface area (TPSA) is 236 Å². The molecule has 4 unspecified atom stereocenters. The number of ether oxygens (including phenoxy) is 5. The van der Waals surface area contributed by atoms with Crippen LogP contribution in [0.2, 0.25) is 0 Å². The number of nitrogens with zero attached hydrogens (tertiary/aromatic N) is 4. The minimum absolute atomic E-state index is 0.0575. The number of nitrogens with one attached hydrogen (secondary N) is 1. The maximum atomic E-state index is 15.9. The SMILES string of the molecule is CCCC1CC(C(=O)N[C@H](C(C)Cl)[C@H]2O[C@H](SC)[C@H](OC(=O)CCC(=O)OCOC(=O)N3CCN(c4c(F)cc5c(=O)c(C(=O)O)cn(C6CC6)c5c4OC)CC3C)[C@@H](O)[C@H]2O)N(C)C1. The van der Waals surface area contributed by atoms with E-state index in [1.54, 1.807) is 29.6 Å². The summed E-state index contributed by atoms with van der Waals surface area (Å²) in [7, 11) is 3.22. The number of esters is 2. The first kappa shape index (κ1) is 50.0. The van der Waals surface area contributed by atoms with Gasteiger partial charge in [0.05, 0.1) is 48.3 Å². The molecule has 2 aromatic rings. The van der Waals surface area contributed by atoms with Crippen molar-refractivity contribution in [2.45, 2.75) is 125 Å². The molecule has 0 radical (unpaired) electrons. The highest BCUT2D eigenvalue weighted by Crippen LogP contribution is 2.44. The molecule has 3 aliphatic heterocycles. The molecule has 1 aromatic heterocycles. The minimum atomic E-state index is -1.63. The molecule has 4 aliphatic rings. The van der Waals surface area contributed by atoms with E-state index >= 15 is 4.39 Å². The average Bonchev–Trinajstić information content (AvgIpc) is 4.04. The van der Waals surface area contributed by atoms with Crippen LogP contribution in [-0.4, -0.2) is 166 Å². The molecule has 65 heavy (non-hydrogen) atoms. The van der Waals surface area contributed by atoms with Crippen molar-refractivity contribution < 1.29 is 67.4 Å². The molecule has 19 nitrogen and oxygen atoms in total. The number of benzene rings is 1. The lowest BCUT2D eigenvalue weighted by molar-refractivity contribution is -0.219. The number of hydrogen-bond donors (Lipinski definition) is 4. The van der Waals surface area contributed by atoms with Crippen LogP contribution < -0.4 is 20.4 Å². The number of rotatable bonds is 17. The van der Waals surface area contributed by atoms with E-state index in [1.165, 1.54) is 18.2 Å². The lowest BCUT2D eigenvalue weighted by Gasteiger charge is -2.45. The van der Waals surface area contributed by atoms with Gasteiger partial charge < -0.3 is 58.7 Å². The van der Waals surface area contributed by atoms with Crippen LogP contribution in [0.4, 0.5) is 14.9 Å². The number of methoxy groups -OCH3 is 1. The summed E-state index contributed by atoms with van der Waals surface area (Å²) in [6.07, 6.45) is -0.365. The van der Waals surface area contributed by atoms with E-state index < -0.39 is 108 Å². The molecule has 1 aliphatic carbocycles. The molecule has 4 heterocycles. The van der Waals surface area contributed by atoms with Gasteiger partial charge in [-0.1, -0.05) is 13.3 Å². The summed E-state index contributed by atoms with van der Waals surface area (Å²) in [5.74, 6) is -3.82. The van der Waals surface area contributed by atoms with Crippen LogP contribution in [0.3, 0.4) is 0 Å². The van der Waals surface area contributed by atoms with Crippen LogP contribution in [0, 0.1) is 11.7 Å². The average molecular weight is 956 g/mol. The normalized spacial score (nSPS) is 26.9. The number of aliphatic hydroxyl groups excluding tert-OH is 2. The number of halogens is 2. The van der Waals surface area contributed by atoms with Gasteiger partial charge in [0.25, 0.3) is 0 Å². The number of pyridine rings is 1. The van der Waals surface area contributed by atoms with Crippen molar-refractivity contribution in [1.29, 1.82) is 0 Å². The van der Waals surface area contributed by atoms with Gasteiger partial charge in [-0.3, -0.25) is 24.1 Å². The molecule has 4 N–H and O–H groups in total. The van der Waals surface area contributed by atoms with Crippen molar-refractivity contribution in [3.05, 3.63) is 33.9 Å². The first-order chi connectivity index (χ1) is 30.9. The van der Waals surface area contributed by atoms with E-state index in [0.717, 1.165) is 50.1 Å². The van der Waals surface area contributed by atoms with Crippen LogP contribution in [0.25, 0.3) is 10.9 Å². The van der Waals surface area contributed by atoms with Gasteiger partial charge in [0, 0.05) is 44.5 Å². The Bertz CT molecular complexity index is 2160. The first-order valence-electron chi connectivity index (χ1n) is 21.8. The number of hydrogen-bond acceptors (Lipinski definition) is 16. The molecule has 22 heteroatoms. The molecule has 3 saturated heterocycles. The summed E-state index contributed by atoms with van der Waals surface area (Å²) in [6.45, 7) is 5.76. The number of carboxylic acids is 1. The van der Waals surface area contributed by atoms with E-state index in [9.17, 15) is 44.1 Å². The van der Waals surface area contributed by atoms with Crippen molar-refractivity contribution in [2.24, 2.45) is 5.92 Å². The fourth-order valence-electron chi connectivity index (χ4n) is 9.09. The van der Waals surface area contributed by atoms with Crippen LogP contribution in [0.1, 0.15) is 82.1 Å². The number of aromatic carboxylic acids is 1. The van der Waals surface area contributed by atoms with Crippen LogP contribution >= 0.6 is 23.4 Å². The summed E-state index contributed by atoms with van der Waals surface area (Å²) in [4.78, 5) is 81.9. The zero-order valence-electron chi connectivity index (χ0n) is 37.3. The van der Waals surface area contributed by atoms with E-state index in [2.05, 4.69) is 12.2 Å². The third-order valence-electron chi connectivity index (χ3n) is 12.6. The standard InChI is InChI=1S/C43H59ClFN5O14S/c1-7-8-23-15-28(47(4)18-23)40(56)46-31(22(3)44)37-35(54)36(55)39(42(64-37)65-6)63-30(52)12-11-29(51)61-20-62-43(59)49-14-13-48(17-21(49)2)33-27(45)16-25-32(38(33)60-5)50(24-9-10-24)19-26(34(25)53)41(57)58/h16,19,21-24,28,31,35-37,39,42,54-55H,7-15,17-18,20H2,1-6H3,(H,46,56)(H,57,58)/t21?,22?,23?,28?,31-,35-,36+,37-,39-,42-/m1/s1. The number of fused-ring (bicyclic) bond motifs is 1. The number of carboxylic acid groups (broad SMARTS) is 1. The largest absolute Gasteiger partial charge is 0.492 e. The van der Waals surface area contributed by atoms with Gasteiger partial charge >= 0.3 is 24.0 Å². The van der Waals surface area contributed by atoms with E-state index in [0.29, 0.717) is 12.3 Å². The van der Waals surface area contributed by atoms with Crippen molar-refractivity contribution >= 4 is 69.9 Å². The third-order valence-corrected chi connectivity index (χ3v) is 13.7. The molecule has 2 amide bonds. The second-order valence-electron chi connectivity index (χ2n) is 17.2. The number of carbonyl (C=O) groups is 5. The van der Waals surface area contributed by atoms with Crippen LogP contribution in [0.15, 0.2) is 17.1 Å². The Morgan fingerprint density at radius 3 is 2.40 bits per heavy atom. The minimum Gasteiger partial charge on any atom is -0.492 e. The van der Waals surface area contributed by atoms with Crippen molar-refractivity contribution in [3.63, 3.8) is 0 Å². The Morgan fingerprint density at radius 1 is 1.08 bits per heavy atom. The van der Waals surface area contributed by atoms with Crippen molar-refractivity contribution in [2.75, 3.05) is 58.3 Å². The smallest absolute Gasteiger partial charge is 0.413 e. The van der Waals surface area contributed by atoms with Gasteiger partial charge in [-0.2, -0.15) is 0 Å². The maximum Gasteiger partial charge on any atom is 0.413 e. The second kappa shape index (κ2) is 21.5. The Balaban J connectivity index is 0.973.